The van der Waals surface area contributed by atoms with Crippen molar-refractivity contribution in [2.75, 3.05) is 23.1 Å². The quantitative estimate of drug-likeness (QED) is 0.143. The van der Waals surface area contributed by atoms with Gasteiger partial charge in [-0.1, -0.05) is 61.4 Å². The second-order valence-corrected chi connectivity index (χ2v) is 14.2. The van der Waals surface area contributed by atoms with Crippen molar-refractivity contribution in [1.29, 1.82) is 0 Å². The highest BCUT2D eigenvalue weighted by atomic mass is 35.5. The Balaban J connectivity index is 0.00000480. The number of carbonyl (C=O) groups excluding carboxylic acids is 1. The Bertz CT molecular complexity index is 1440. The number of halogens is 4. The topological polar surface area (TPSA) is 105 Å². The molecule has 1 aliphatic heterocycles. The molecule has 0 spiro atoms. The Kier molecular flexibility index (Phi) is 12.4. The molecular weight excluding hydrogens is 639 g/mol. The van der Waals surface area contributed by atoms with Gasteiger partial charge in [0.1, 0.15) is 0 Å². The molecule has 1 saturated heterocycles. The summed E-state index contributed by atoms with van der Waals surface area (Å²) in [5.41, 5.74) is 2.60. The van der Waals surface area contributed by atoms with Crippen LogP contribution in [0.25, 0.3) is 0 Å². The van der Waals surface area contributed by atoms with E-state index in [0.29, 0.717) is 35.5 Å². The fourth-order valence-electron chi connectivity index (χ4n) is 6.28. The first kappa shape index (κ1) is 36.0. The molecule has 0 aromatic heterocycles. The molecule has 7 nitrogen and oxygen atoms in total. The van der Waals surface area contributed by atoms with Gasteiger partial charge in [0, 0.05) is 25.2 Å². The number of benzene rings is 3. The fourth-order valence-corrected chi connectivity index (χ4v) is 7.95. The highest BCUT2D eigenvalue weighted by Gasteiger charge is 2.31. The lowest BCUT2D eigenvalue weighted by atomic mass is 9.94. The zero-order valence-corrected chi connectivity index (χ0v) is 27.2. The molecule has 2 fully saturated rings. The molecule has 12 heteroatoms. The van der Waals surface area contributed by atoms with E-state index in [0.717, 1.165) is 61.8 Å². The molecule has 3 aromatic rings. The van der Waals surface area contributed by atoms with E-state index >= 15 is 0 Å². The Hall–Kier alpha value is -2.80. The normalized spacial score (nSPS) is 18.8. The van der Waals surface area contributed by atoms with Crippen molar-refractivity contribution in [2.45, 2.75) is 75.7 Å². The summed E-state index contributed by atoms with van der Waals surface area (Å²) in [6.07, 6.45) is 0.621. The highest BCUT2D eigenvalue weighted by Crippen LogP contribution is 2.50. The maximum atomic E-state index is 13.9. The molecule has 3 aromatic carbocycles. The molecule has 1 amide bonds. The van der Waals surface area contributed by atoms with E-state index in [1.54, 1.807) is 16.4 Å². The Labute approximate surface area is 276 Å². The van der Waals surface area contributed by atoms with Crippen LogP contribution in [-0.4, -0.2) is 51.1 Å². The minimum absolute atomic E-state index is 0. The summed E-state index contributed by atoms with van der Waals surface area (Å²) in [5.74, 6) is 0.192. The number of anilines is 1. The summed E-state index contributed by atoms with van der Waals surface area (Å²) in [5, 5.41) is 17.3. The predicted molar refractivity (Wildman–Crippen MR) is 180 cm³/mol. The summed E-state index contributed by atoms with van der Waals surface area (Å²) in [7, 11) is -2.99. The van der Waals surface area contributed by atoms with Gasteiger partial charge in [0.25, 0.3) is 5.91 Å². The van der Waals surface area contributed by atoms with Gasteiger partial charge in [0.05, 0.1) is 29.1 Å². The van der Waals surface area contributed by atoms with E-state index in [1.165, 1.54) is 6.07 Å². The SMILES string of the molecule is Cl.O=C(N[C@@H](Cc1ccccc1)[C@H](O)CNCc1cccc(C(F)(F)F)c1)c1cc(C2CCCC2)cc(N2CCCCS2(O)O)c1. The van der Waals surface area contributed by atoms with Gasteiger partial charge >= 0.3 is 6.18 Å². The maximum Gasteiger partial charge on any atom is 0.416 e. The van der Waals surface area contributed by atoms with E-state index in [1.807, 2.05) is 42.5 Å². The number of hydrogen-bond acceptors (Lipinski definition) is 6. The number of amides is 1. The number of aliphatic hydroxyl groups is 1. The third kappa shape index (κ3) is 9.39. The Morgan fingerprint density at radius 3 is 2.35 bits per heavy atom. The smallest absolute Gasteiger partial charge is 0.390 e. The van der Waals surface area contributed by atoms with Gasteiger partial charge in [0.15, 0.2) is 0 Å². The van der Waals surface area contributed by atoms with Crippen molar-refractivity contribution in [2.24, 2.45) is 0 Å². The number of rotatable bonds is 11. The molecule has 46 heavy (non-hydrogen) atoms. The summed E-state index contributed by atoms with van der Waals surface area (Å²) in [6.45, 7) is 0.641. The molecule has 2 aliphatic rings. The zero-order valence-electron chi connectivity index (χ0n) is 25.6. The van der Waals surface area contributed by atoms with Crippen LogP contribution < -0.4 is 14.9 Å². The Morgan fingerprint density at radius 1 is 0.935 bits per heavy atom. The zero-order chi connectivity index (χ0) is 32.0. The molecule has 1 heterocycles. The summed E-state index contributed by atoms with van der Waals surface area (Å²) < 4.78 is 62.8. The second-order valence-electron chi connectivity index (χ2n) is 12.1. The van der Waals surface area contributed by atoms with E-state index < -0.39 is 34.7 Å². The van der Waals surface area contributed by atoms with Gasteiger partial charge in [-0.25, -0.2) is 0 Å². The van der Waals surface area contributed by atoms with Crippen LogP contribution in [0.4, 0.5) is 18.9 Å². The number of hydrogen-bond donors (Lipinski definition) is 5. The van der Waals surface area contributed by atoms with Gasteiger partial charge < -0.3 is 15.7 Å². The van der Waals surface area contributed by atoms with Gasteiger partial charge in [-0.3, -0.25) is 18.2 Å². The molecule has 1 saturated carbocycles. The summed E-state index contributed by atoms with van der Waals surface area (Å²) >= 11 is 0. The van der Waals surface area contributed by atoms with E-state index in [2.05, 4.69) is 10.6 Å². The third-order valence-electron chi connectivity index (χ3n) is 8.72. The maximum absolute atomic E-state index is 13.9. The molecule has 5 rings (SSSR count). The minimum Gasteiger partial charge on any atom is -0.390 e. The Morgan fingerprint density at radius 2 is 1.65 bits per heavy atom. The molecule has 5 N–H and O–H groups in total. The molecule has 0 radical (unpaired) electrons. The fraction of sp³-hybridized carbons (Fsp3) is 0.441. The van der Waals surface area contributed by atoms with Crippen molar-refractivity contribution in [3.63, 3.8) is 0 Å². The van der Waals surface area contributed by atoms with Crippen LogP contribution in [-0.2, 0) is 19.1 Å². The standard InChI is InChI=1S/C34H42F3N3O4S.ClH/c35-34(36,37)29-14-8-11-25(17-29)22-38-23-32(41)31(18-24-9-2-1-3-10-24)39-33(42)28-19-27(26-12-4-5-13-26)20-30(21-28)40-15-6-7-16-45(40,43)44;/h1-3,8-11,14,17,19-21,26,31-32,38,41,43-44H,4-7,12-13,15-16,18,22-23H2,(H,39,42);1H/t31-,32+;/m0./s1. The van der Waals surface area contributed by atoms with Crippen molar-refractivity contribution in [3.8, 4) is 0 Å². The van der Waals surface area contributed by atoms with Crippen LogP contribution in [0, 0.1) is 0 Å². The number of nitrogens with one attached hydrogen (secondary N) is 2. The lowest BCUT2D eigenvalue weighted by Crippen LogP contribution is -2.48. The van der Waals surface area contributed by atoms with Crippen LogP contribution in [0.5, 0.6) is 0 Å². The average Bonchev–Trinajstić information content (AvgIpc) is 3.56. The molecule has 0 bridgehead atoms. The van der Waals surface area contributed by atoms with Crippen LogP contribution in [0.3, 0.4) is 0 Å². The van der Waals surface area contributed by atoms with E-state index in [9.17, 15) is 32.2 Å². The lowest BCUT2D eigenvalue weighted by Gasteiger charge is -2.47. The van der Waals surface area contributed by atoms with Crippen LogP contribution in [0.1, 0.15) is 77.1 Å². The third-order valence-corrected chi connectivity index (χ3v) is 10.7. The van der Waals surface area contributed by atoms with Crippen LogP contribution in [0.2, 0.25) is 0 Å². The second kappa shape index (κ2) is 15.9. The lowest BCUT2D eigenvalue weighted by molar-refractivity contribution is -0.137. The number of nitrogens with zero attached hydrogens (tertiary/aromatic N) is 1. The van der Waals surface area contributed by atoms with Crippen LogP contribution in [0.15, 0.2) is 72.8 Å². The number of aliphatic hydroxyl groups excluding tert-OH is 1. The average molecular weight is 682 g/mol. The predicted octanol–water partition coefficient (Wildman–Crippen LogP) is 7.54. The summed E-state index contributed by atoms with van der Waals surface area (Å²) in [4.78, 5) is 13.9. The number of alkyl halides is 3. The van der Waals surface area contributed by atoms with Gasteiger partial charge in [-0.05, 0) is 79.0 Å². The van der Waals surface area contributed by atoms with E-state index in [-0.39, 0.29) is 37.3 Å². The minimum atomic E-state index is -4.44. The van der Waals surface area contributed by atoms with Gasteiger partial charge in [-0.15, -0.1) is 23.2 Å². The van der Waals surface area contributed by atoms with Crippen molar-refractivity contribution in [1.82, 2.24) is 10.6 Å². The van der Waals surface area contributed by atoms with E-state index in [4.69, 9.17) is 0 Å². The molecule has 0 unspecified atom stereocenters. The molecular formula is C34H43ClF3N3O4S. The van der Waals surface area contributed by atoms with Gasteiger partial charge in [0.2, 0.25) is 0 Å². The first-order valence-electron chi connectivity index (χ1n) is 15.6. The van der Waals surface area contributed by atoms with Gasteiger partial charge in [-0.2, -0.15) is 13.2 Å². The number of carbonyl (C=O) groups is 1. The largest absolute Gasteiger partial charge is 0.416 e. The highest BCUT2D eigenvalue weighted by molar-refractivity contribution is 8.25. The van der Waals surface area contributed by atoms with Crippen LogP contribution >= 0.6 is 23.2 Å². The van der Waals surface area contributed by atoms with Crippen molar-refractivity contribution < 1.29 is 32.2 Å². The molecule has 252 valence electrons. The first-order valence-corrected chi connectivity index (χ1v) is 17.3. The van der Waals surface area contributed by atoms with Crippen molar-refractivity contribution in [3.05, 3.63) is 101 Å². The molecule has 2 atom stereocenters. The van der Waals surface area contributed by atoms with Crippen molar-refractivity contribution >= 4 is 34.8 Å². The monoisotopic (exact) mass is 681 g/mol. The first-order chi connectivity index (χ1) is 21.5. The summed E-state index contributed by atoms with van der Waals surface area (Å²) in [6, 6.07) is 19.3. The molecule has 1 aliphatic carbocycles.